The number of carbonyl (C=O) groups excluding carboxylic acids is 3. The van der Waals surface area contributed by atoms with Gasteiger partial charge in [0.05, 0.1) is 18.4 Å². The molecule has 0 fully saturated rings. The smallest absolute Gasteiger partial charge is 0.309 e. The second kappa shape index (κ2) is 6.83. The Labute approximate surface area is 112 Å². The highest BCUT2D eigenvalue weighted by Gasteiger charge is 2.35. The van der Waals surface area contributed by atoms with Crippen molar-refractivity contribution in [3.63, 3.8) is 0 Å². The number of benzene rings is 1. The van der Waals surface area contributed by atoms with E-state index in [1.807, 2.05) is 0 Å². The van der Waals surface area contributed by atoms with Crippen LogP contribution in [0.15, 0.2) is 30.3 Å². The number of Topliss-reactive ketones (excluding diaryl/α,β-unsaturated/α-hetero) is 2. The Hall–Kier alpha value is -1.97. The van der Waals surface area contributed by atoms with Crippen LogP contribution in [0.2, 0.25) is 0 Å². The zero-order chi connectivity index (χ0) is 14.4. The summed E-state index contributed by atoms with van der Waals surface area (Å²) in [4.78, 5) is 35.7. The lowest BCUT2D eigenvalue weighted by atomic mass is 9.84. The summed E-state index contributed by atoms with van der Waals surface area (Å²) in [6, 6.07) is 8.50. The molecule has 0 unspecified atom stereocenters. The standard InChI is InChI=1S/C15H18O4/c1-4-19-15(18)10(2)13(11(3)16)14(17)12-8-6-5-7-9-12/h5-10,13H,4H2,1-3H3/t10-,13-/m0/s1. The van der Waals surface area contributed by atoms with Crippen molar-refractivity contribution in [2.45, 2.75) is 20.8 Å². The van der Waals surface area contributed by atoms with Gasteiger partial charge in [-0.25, -0.2) is 0 Å². The van der Waals surface area contributed by atoms with Gasteiger partial charge in [-0.15, -0.1) is 0 Å². The number of ether oxygens (including phenoxy) is 1. The lowest BCUT2D eigenvalue weighted by molar-refractivity contribution is -0.150. The van der Waals surface area contributed by atoms with Crippen LogP contribution in [-0.2, 0) is 14.3 Å². The topological polar surface area (TPSA) is 60.4 Å². The van der Waals surface area contributed by atoms with Crippen LogP contribution in [0, 0.1) is 11.8 Å². The molecular weight excluding hydrogens is 244 g/mol. The van der Waals surface area contributed by atoms with E-state index in [9.17, 15) is 14.4 Å². The van der Waals surface area contributed by atoms with Crippen LogP contribution < -0.4 is 0 Å². The minimum Gasteiger partial charge on any atom is -0.466 e. The summed E-state index contributed by atoms with van der Waals surface area (Å²) in [6.45, 7) is 4.78. The second-order valence-corrected chi connectivity index (χ2v) is 4.36. The average Bonchev–Trinajstić information content (AvgIpc) is 2.39. The third-order valence-electron chi connectivity index (χ3n) is 2.94. The van der Waals surface area contributed by atoms with E-state index >= 15 is 0 Å². The van der Waals surface area contributed by atoms with E-state index in [0.29, 0.717) is 5.56 Å². The summed E-state index contributed by atoms with van der Waals surface area (Å²) < 4.78 is 4.88. The quantitative estimate of drug-likeness (QED) is 0.448. The minimum absolute atomic E-state index is 0.229. The number of carbonyl (C=O) groups is 3. The molecule has 0 aliphatic rings. The molecule has 0 saturated heterocycles. The van der Waals surface area contributed by atoms with E-state index < -0.39 is 17.8 Å². The van der Waals surface area contributed by atoms with Crippen molar-refractivity contribution < 1.29 is 19.1 Å². The predicted molar refractivity (Wildman–Crippen MR) is 70.7 cm³/mol. The molecular formula is C15H18O4. The lowest BCUT2D eigenvalue weighted by Gasteiger charge is -2.19. The highest BCUT2D eigenvalue weighted by molar-refractivity contribution is 6.12. The van der Waals surface area contributed by atoms with Gasteiger partial charge in [0, 0.05) is 5.56 Å². The summed E-state index contributed by atoms with van der Waals surface area (Å²) in [5, 5.41) is 0. The van der Waals surface area contributed by atoms with Crippen LogP contribution >= 0.6 is 0 Å². The molecule has 0 N–H and O–H groups in total. The molecule has 0 amide bonds. The first-order valence-electron chi connectivity index (χ1n) is 6.25. The number of hydrogen-bond acceptors (Lipinski definition) is 4. The molecule has 4 heteroatoms. The molecule has 19 heavy (non-hydrogen) atoms. The van der Waals surface area contributed by atoms with Crippen molar-refractivity contribution in [2.24, 2.45) is 11.8 Å². The Balaban J connectivity index is 2.98. The maximum absolute atomic E-state index is 12.3. The average molecular weight is 262 g/mol. The third kappa shape index (κ3) is 3.74. The summed E-state index contributed by atoms with van der Waals surface area (Å²) >= 11 is 0. The molecule has 1 rings (SSSR count). The van der Waals surface area contributed by atoms with Crippen LogP contribution in [0.3, 0.4) is 0 Å². The Morgan fingerprint density at radius 3 is 2.21 bits per heavy atom. The van der Waals surface area contributed by atoms with Gasteiger partial charge in [0.2, 0.25) is 0 Å². The van der Waals surface area contributed by atoms with E-state index in [1.165, 1.54) is 6.92 Å². The Morgan fingerprint density at radius 1 is 1.16 bits per heavy atom. The van der Waals surface area contributed by atoms with Gasteiger partial charge in [-0.3, -0.25) is 14.4 Å². The van der Waals surface area contributed by atoms with Crippen LogP contribution in [0.4, 0.5) is 0 Å². The van der Waals surface area contributed by atoms with E-state index in [2.05, 4.69) is 0 Å². The monoisotopic (exact) mass is 262 g/mol. The molecule has 0 saturated carbocycles. The summed E-state index contributed by atoms with van der Waals surface area (Å²) in [7, 11) is 0. The first kappa shape index (κ1) is 15.1. The second-order valence-electron chi connectivity index (χ2n) is 4.36. The van der Waals surface area contributed by atoms with Crippen LogP contribution in [0.25, 0.3) is 0 Å². The molecule has 4 nitrogen and oxygen atoms in total. The molecule has 1 aromatic carbocycles. The predicted octanol–water partition coefficient (Wildman–Crippen LogP) is 2.27. The van der Waals surface area contributed by atoms with Gasteiger partial charge in [-0.2, -0.15) is 0 Å². The van der Waals surface area contributed by atoms with Crippen molar-refractivity contribution in [3.8, 4) is 0 Å². The minimum atomic E-state index is -0.985. The normalized spacial score (nSPS) is 13.4. The fraction of sp³-hybridized carbons (Fsp3) is 0.400. The van der Waals surface area contributed by atoms with E-state index in [1.54, 1.807) is 44.2 Å². The van der Waals surface area contributed by atoms with Crippen LogP contribution in [-0.4, -0.2) is 24.1 Å². The molecule has 102 valence electrons. The molecule has 0 spiro atoms. The number of hydrogen-bond donors (Lipinski definition) is 0. The van der Waals surface area contributed by atoms with Crippen molar-refractivity contribution in [1.29, 1.82) is 0 Å². The van der Waals surface area contributed by atoms with Crippen molar-refractivity contribution >= 4 is 17.5 Å². The third-order valence-corrected chi connectivity index (χ3v) is 2.94. The molecule has 2 atom stereocenters. The van der Waals surface area contributed by atoms with E-state index in [-0.39, 0.29) is 18.2 Å². The zero-order valence-corrected chi connectivity index (χ0v) is 11.4. The number of esters is 1. The molecule has 0 aromatic heterocycles. The Morgan fingerprint density at radius 2 is 1.74 bits per heavy atom. The zero-order valence-electron chi connectivity index (χ0n) is 11.4. The fourth-order valence-corrected chi connectivity index (χ4v) is 1.96. The van der Waals surface area contributed by atoms with Gasteiger partial charge in [-0.1, -0.05) is 37.3 Å². The van der Waals surface area contributed by atoms with Gasteiger partial charge < -0.3 is 4.74 Å². The molecule has 1 aromatic rings. The molecule has 0 aliphatic heterocycles. The molecule has 0 heterocycles. The summed E-state index contributed by atoms with van der Waals surface area (Å²) in [5.41, 5.74) is 0.429. The number of rotatable bonds is 6. The van der Waals surface area contributed by atoms with Gasteiger partial charge in [-0.05, 0) is 13.8 Å². The first-order valence-corrected chi connectivity index (χ1v) is 6.25. The van der Waals surface area contributed by atoms with Gasteiger partial charge in [0.25, 0.3) is 0 Å². The first-order chi connectivity index (χ1) is 8.99. The maximum Gasteiger partial charge on any atom is 0.309 e. The van der Waals surface area contributed by atoms with Gasteiger partial charge in [0.1, 0.15) is 5.78 Å². The van der Waals surface area contributed by atoms with E-state index in [0.717, 1.165) is 0 Å². The highest BCUT2D eigenvalue weighted by atomic mass is 16.5. The molecule has 0 radical (unpaired) electrons. The maximum atomic E-state index is 12.3. The fourth-order valence-electron chi connectivity index (χ4n) is 1.96. The van der Waals surface area contributed by atoms with E-state index in [4.69, 9.17) is 4.74 Å². The van der Waals surface area contributed by atoms with Crippen LogP contribution in [0.1, 0.15) is 31.1 Å². The largest absolute Gasteiger partial charge is 0.466 e. The molecule has 0 bridgehead atoms. The Kier molecular flexibility index (Phi) is 5.42. The highest BCUT2D eigenvalue weighted by Crippen LogP contribution is 2.20. The van der Waals surface area contributed by atoms with Crippen molar-refractivity contribution in [2.75, 3.05) is 6.61 Å². The molecule has 0 aliphatic carbocycles. The van der Waals surface area contributed by atoms with Crippen molar-refractivity contribution in [1.82, 2.24) is 0 Å². The summed E-state index contributed by atoms with van der Waals surface area (Å²) in [6.07, 6.45) is 0. The Bertz CT molecular complexity index is 464. The lowest BCUT2D eigenvalue weighted by Crippen LogP contribution is -2.34. The van der Waals surface area contributed by atoms with Crippen LogP contribution in [0.5, 0.6) is 0 Å². The summed E-state index contributed by atoms with van der Waals surface area (Å²) in [5.74, 6) is -2.94. The van der Waals surface area contributed by atoms with Gasteiger partial charge in [0.15, 0.2) is 5.78 Å². The SMILES string of the molecule is CCOC(=O)[C@@H](C)[C@@H](C(C)=O)C(=O)c1ccccc1. The van der Waals surface area contributed by atoms with Gasteiger partial charge >= 0.3 is 5.97 Å². The van der Waals surface area contributed by atoms with Crippen molar-refractivity contribution in [3.05, 3.63) is 35.9 Å². The number of ketones is 2.